The van der Waals surface area contributed by atoms with Crippen LogP contribution in [-0.2, 0) is 21.4 Å². The largest absolute Gasteiger partial charge is 0.387 e. The Hall–Kier alpha value is -1.95. The van der Waals surface area contributed by atoms with Crippen LogP contribution in [0.1, 0.15) is 64.6 Å². The Morgan fingerprint density at radius 1 is 1.16 bits per heavy atom. The molecule has 0 bridgehead atoms. The summed E-state index contributed by atoms with van der Waals surface area (Å²) >= 11 is 0. The maximum atomic E-state index is 13.0. The number of ether oxygens (including phenoxy) is 1. The van der Waals surface area contributed by atoms with E-state index in [9.17, 15) is 15.0 Å². The molecule has 32 heavy (non-hydrogen) atoms. The molecule has 3 N–H and O–H groups in total. The zero-order chi connectivity index (χ0) is 22.7. The summed E-state index contributed by atoms with van der Waals surface area (Å²) < 4.78 is 6.15. The van der Waals surface area contributed by atoms with Crippen LogP contribution in [0.2, 0.25) is 0 Å². The molecule has 3 aliphatic carbocycles. The first-order chi connectivity index (χ1) is 15.0. The van der Waals surface area contributed by atoms with Gasteiger partial charge in [0.25, 0.3) is 0 Å². The molecule has 2 aromatic rings. The van der Waals surface area contributed by atoms with E-state index in [0.29, 0.717) is 12.3 Å². The van der Waals surface area contributed by atoms with E-state index in [4.69, 9.17) is 4.74 Å². The van der Waals surface area contributed by atoms with Gasteiger partial charge in [-0.3, -0.25) is 4.79 Å². The van der Waals surface area contributed by atoms with Crippen molar-refractivity contribution in [3.05, 3.63) is 47.2 Å². The van der Waals surface area contributed by atoms with E-state index < -0.39 is 22.7 Å². The molecule has 4 aliphatic rings. The molecule has 0 radical (unpaired) electrons. The Kier molecular flexibility index (Phi) is 3.96. The van der Waals surface area contributed by atoms with Gasteiger partial charge in [0.1, 0.15) is 6.10 Å². The monoisotopic (exact) mass is 435 g/mol. The predicted molar refractivity (Wildman–Crippen MR) is 122 cm³/mol. The van der Waals surface area contributed by atoms with E-state index in [1.165, 1.54) is 16.6 Å². The van der Waals surface area contributed by atoms with Gasteiger partial charge in [-0.2, -0.15) is 0 Å². The average Bonchev–Trinajstić information content (AvgIpc) is 3.24. The van der Waals surface area contributed by atoms with Crippen LogP contribution in [0.3, 0.4) is 0 Å². The van der Waals surface area contributed by atoms with E-state index >= 15 is 0 Å². The number of carbonyl (C=O) groups is 1. The minimum absolute atomic E-state index is 0.226. The Morgan fingerprint density at radius 2 is 1.91 bits per heavy atom. The molecule has 0 amide bonds. The maximum absolute atomic E-state index is 13.0. The lowest BCUT2D eigenvalue weighted by atomic mass is 9.42. The molecule has 5 nitrogen and oxygen atoms in total. The van der Waals surface area contributed by atoms with Crippen molar-refractivity contribution in [3.63, 3.8) is 0 Å². The number of carbonyl (C=O) groups excluding carboxylic acids is 1. The second kappa shape index (κ2) is 6.13. The number of hydrogen-bond donors (Lipinski definition) is 3. The molecule has 2 fully saturated rings. The third kappa shape index (κ3) is 2.27. The normalized spacial score (nSPS) is 41.0. The number of aromatic nitrogens is 1. The first kappa shape index (κ1) is 20.6. The molecule has 1 aromatic carbocycles. The van der Waals surface area contributed by atoms with E-state index in [1.54, 1.807) is 19.9 Å². The highest BCUT2D eigenvalue weighted by Gasteiger charge is 2.70. The van der Waals surface area contributed by atoms with Crippen LogP contribution in [0.25, 0.3) is 10.9 Å². The number of benzene rings is 1. The number of nitrogens with one attached hydrogen (secondary N) is 1. The second-order valence-corrected chi connectivity index (χ2v) is 11.6. The van der Waals surface area contributed by atoms with Gasteiger partial charge in [-0.15, -0.1) is 0 Å². The van der Waals surface area contributed by atoms with Gasteiger partial charge in [0.05, 0.1) is 17.3 Å². The highest BCUT2D eigenvalue weighted by molar-refractivity contribution is 5.96. The fraction of sp³-hybridized carbons (Fsp3) is 0.593. The Morgan fingerprint density at radius 3 is 2.66 bits per heavy atom. The van der Waals surface area contributed by atoms with Gasteiger partial charge >= 0.3 is 0 Å². The molecule has 3 unspecified atom stereocenters. The predicted octanol–water partition coefficient (Wildman–Crippen LogP) is 3.96. The number of aromatic amines is 1. The molecule has 170 valence electrons. The van der Waals surface area contributed by atoms with Crippen LogP contribution in [0, 0.1) is 11.3 Å². The zero-order valence-electron chi connectivity index (χ0n) is 19.4. The number of aliphatic hydroxyl groups is 2. The SMILES string of the molecule is CC(C)(O)[C@H]1OC2CC[C@@]3(C)C(O)(CC[C@H]4Cc5c([nH]c6ccccc56)C43C)C2=CC1=O. The molecule has 6 atom stereocenters. The molecule has 2 heterocycles. The Bertz CT molecular complexity index is 1170. The van der Waals surface area contributed by atoms with Crippen molar-refractivity contribution < 1.29 is 19.7 Å². The Labute approximate surface area is 188 Å². The minimum atomic E-state index is -1.25. The lowest BCUT2D eigenvalue weighted by Gasteiger charge is -2.64. The standard InChI is InChI=1S/C27H33NO4/c1-24(2,30)23-20(29)14-18-21(32-23)10-11-25(3)26(4)15(9-12-27(18,25)31)13-17-16-7-5-6-8-19(16)28-22(17)26/h5-8,14-15,21,23,28,30-31H,9-13H2,1-4H3/t15-,21?,23-,25+,26?,27?/m0/s1. The van der Waals surface area contributed by atoms with Crippen molar-refractivity contribution in [1.82, 2.24) is 4.98 Å². The van der Waals surface area contributed by atoms with E-state index in [1.807, 2.05) is 0 Å². The first-order valence-corrected chi connectivity index (χ1v) is 12.0. The lowest BCUT2D eigenvalue weighted by Crippen LogP contribution is -2.68. The number of rotatable bonds is 1. The van der Waals surface area contributed by atoms with E-state index in [2.05, 4.69) is 43.1 Å². The molecule has 1 aliphatic heterocycles. The van der Waals surface area contributed by atoms with Gasteiger partial charge in [-0.05, 0) is 75.1 Å². The van der Waals surface area contributed by atoms with Crippen LogP contribution in [0.4, 0.5) is 0 Å². The van der Waals surface area contributed by atoms with Crippen molar-refractivity contribution in [3.8, 4) is 0 Å². The zero-order valence-corrected chi connectivity index (χ0v) is 19.4. The molecular weight excluding hydrogens is 402 g/mol. The maximum Gasteiger partial charge on any atom is 0.187 e. The third-order valence-corrected chi connectivity index (χ3v) is 9.74. The highest BCUT2D eigenvalue weighted by atomic mass is 16.5. The summed E-state index contributed by atoms with van der Waals surface area (Å²) in [5, 5.41) is 24.1. The van der Waals surface area contributed by atoms with Crippen molar-refractivity contribution in [2.24, 2.45) is 11.3 Å². The van der Waals surface area contributed by atoms with Crippen molar-refractivity contribution >= 4 is 16.7 Å². The molecule has 6 rings (SSSR count). The molecular formula is C27H33NO4. The molecule has 0 spiro atoms. The van der Waals surface area contributed by atoms with Crippen molar-refractivity contribution in [1.29, 1.82) is 0 Å². The van der Waals surface area contributed by atoms with Gasteiger partial charge in [-0.25, -0.2) is 0 Å². The number of hydrogen-bond acceptors (Lipinski definition) is 4. The molecule has 0 saturated heterocycles. The smallest absolute Gasteiger partial charge is 0.187 e. The quantitative estimate of drug-likeness (QED) is 0.633. The average molecular weight is 436 g/mol. The van der Waals surface area contributed by atoms with Crippen molar-refractivity contribution in [2.45, 2.75) is 88.6 Å². The van der Waals surface area contributed by atoms with Gasteiger partial charge in [-0.1, -0.05) is 32.0 Å². The van der Waals surface area contributed by atoms with Crippen LogP contribution in [-0.4, -0.2) is 44.4 Å². The summed E-state index contributed by atoms with van der Waals surface area (Å²) in [7, 11) is 0. The first-order valence-electron chi connectivity index (χ1n) is 12.0. The van der Waals surface area contributed by atoms with Gasteiger partial charge in [0.15, 0.2) is 5.78 Å². The van der Waals surface area contributed by atoms with Crippen LogP contribution in [0.15, 0.2) is 35.9 Å². The summed E-state index contributed by atoms with van der Waals surface area (Å²) in [5.41, 5.74) is 1.53. The van der Waals surface area contributed by atoms with Gasteiger partial charge in [0.2, 0.25) is 0 Å². The lowest BCUT2D eigenvalue weighted by molar-refractivity contribution is -0.195. The second-order valence-electron chi connectivity index (χ2n) is 11.6. The fourth-order valence-electron chi connectivity index (χ4n) is 7.82. The molecule has 2 saturated carbocycles. The summed E-state index contributed by atoms with van der Waals surface area (Å²) in [6, 6.07) is 8.49. The fourth-order valence-corrected chi connectivity index (χ4v) is 7.82. The summed E-state index contributed by atoms with van der Waals surface area (Å²) in [4.78, 5) is 16.7. The summed E-state index contributed by atoms with van der Waals surface area (Å²) in [6.45, 7) is 7.77. The van der Waals surface area contributed by atoms with E-state index in [0.717, 1.165) is 36.8 Å². The third-order valence-electron chi connectivity index (χ3n) is 9.74. The minimum Gasteiger partial charge on any atom is -0.387 e. The molecule has 1 aromatic heterocycles. The van der Waals surface area contributed by atoms with E-state index in [-0.39, 0.29) is 17.3 Å². The van der Waals surface area contributed by atoms with Gasteiger partial charge in [0, 0.05) is 27.4 Å². The van der Waals surface area contributed by atoms with Crippen molar-refractivity contribution in [2.75, 3.05) is 0 Å². The summed E-state index contributed by atoms with van der Waals surface area (Å²) in [5.74, 6) is 0.214. The summed E-state index contributed by atoms with van der Waals surface area (Å²) in [6.07, 6.45) is 4.51. The Balaban J connectivity index is 1.50. The number of fused-ring (bicyclic) bond motifs is 9. The van der Waals surface area contributed by atoms with Crippen LogP contribution in [0.5, 0.6) is 0 Å². The van der Waals surface area contributed by atoms with Gasteiger partial charge < -0.3 is 19.9 Å². The van der Waals surface area contributed by atoms with Crippen LogP contribution >= 0.6 is 0 Å². The van der Waals surface area contributed by atoms with Crippen LogP contribution < -0.4 is 0 Å². The highest BCUT2D eigenvalue weighted by Crippen LogP contribution is 2.69. The number of H-pyrrole nitrogens is 1. The molecule has 5 heteroatoms. The number of ketones is 1. The number of para-hydroxylation sites is 1. The topological polar surface area (TPSA) is 82.5 Å².